The number of amides is 1. The Labute approximate surface area is 61.2 Å². The van der Waals surface area contributed by atoms with Crippen molar-refractivity contribution in [2.45, 2.75) is 26.2 Å². The van der Waals surface area contributed by atoms with Gasteiger partial charge >= 0.3 is 0 Å². The van der Waals surface area contributed by atoms with E-state index in [-0.39, 0.29) is 11.8 Å². The predicted molar refractivity (Wildman–Crippen MR) is 39.2 cm³/mol. The molecule has 3 heteroatoms. The molecule has 1 aliphatic heterocycles. The summed E-state index contributed by atoms with van der Waals surface area (Å²) in [5.74, 6) is 0.383. The second-order valence-electron chi connectivity index (χ2n) is 2.71. The number of carbonyl (C=O) groups excluding carboxylic acids is 1. The van der Waals surface area contributed by atoms with E-state index in [0.717, 1.165) is 19.4 Å². The standard InChI is InChI=1S/C7H14N2O/c1-2-3-4-6-5-8-9-7(6)10/h6,8H,2-5H2,1H3,(H,9,10). The molecule has 1 unspecified atom stereocenters. The number of unbranched alkanes of at least 4 members (excludes halogenated alkanes) is 1. The molecule has 1 amide bonds. The Hall–Kier alpha value is -0.570. The third-order valence-corrected chi connectivity index (χ3v) is 1.84. The summed E-state index contributed by atoms with van der Waals surface area (Å²) in [4.78, 5) is 10.9. The SMILES string of the molecule is CCCCC1CNNC1=O. The van der Waals surface area contributed by atoms with Gasteiger partial charge in [0.05, 0.1) is 5.92 Å². The van der Waals surface area contributed by atoms with Crippen molar-refractivity contribution in [2.24, 2.45) is 5.92 Å². The Bertz CT molecular complexity index is 125. The Morgan fingerprint density at radius 1 is 1.70 bits per heavy atom. The molecular formula is C7H14N2O. The Kier molecular flexibility index (Phi) is 2.68. The molecule has 0 saturated carbocycles. The summed E-state index contributed by atoms with van der Waals surface area (Å²) < 4.78 is 0. The van der Waals surface area contributed by atoms with Crippen molar-refractivity contribution in [1.29, 1.82) is 0 Å². The molecule has 0 aromatic heterocycles. The summed E-state index contributed by atoms with van der Waals surface area (Å²) in [6.45, 7) is 2.94. The normalized spacial score (nSPS) is 24.9. The van der Waals surface area contributed by atoms with Crippen LogP contribution < -0.4 is 10.9 Å². The maximum atomic E-state index is 10.9. The highest BCUT2D eigenvalue weighted by atomic mass is 16.2. The smallest absolute Gasteiger partial charge is 0.238 e. The van der Waals surface area contributed by atoms with Gasteiger partial charge in [0.25, 0.3) is 0 Å². The monoisotopic (exact) mass is 142 g/mol. The molecule has 0 aromatic rings. The van der Waals surface area contributed by atoms with Crippen molar-refractivity contribution >= 4 is 5.91 Å². The van der Waals surface area contributed by atoms with Gasteiger partial charge in [-0.05, 0) is 6.42 Å². The average molecular weight is 142 g/mol. The van der Waals surface area contributed by atoms with Crippen molar-refractivity contribution in [3.05, 3.63) is 0 Å². The first-order valence-corrected chi connectivity index (χ1v) is 3.87. The predicted octanol–water partition coefficient (Wildman–Crippen LogP) is 0.427. The van der Waals surface area contributed by atoms with Gasteiger partial charge in [-0.15, -0.1) is 0 Å². The number of rotatable bonds is 3. The maximum absolute atomic E-state index is 10.9. The maximum Gasteiger partial charge on any atom is 0.238 e. The Morgan fingerprint density at radius 2 is 2.50 bits per heavy atom. The fourth-order valence-corrected chi connectivity index (χ4v) is 1.14. The molecule has 0 radical (unpaired) electrons. The van der Waals surface area contributed by atoms with Gasteiger partial charge in [0.1, 0.15) is 0 Å². The molecule has 0 bridgehead atoms. The number of nitrogens with one attached hydrogen (secondary N) is 2. The van der Waals surface area contributed by atoms with Gasteiger partial charge in [0.15, 0.2) is 0 Å². The lowest BCUT2D eigenvalue weighted by Crippen LogP contribution is -2.26. The van der Waals surface area contributed by atoms with Crippen molar-refractivity contribution < 1.29 is 4.79 Å². The summed E-state index contributed by atoms with van der Waals surface area (Å²) in [6, 6.07) is 0. The second-order valence-corrected chi connectivity index (χ2v) is 2.71. The van der Waals surface area contributed by atoms with E-state index in [4.69, 9.17) is 0 Å². The van der Waals surface area contributed by atoms with E-state index in [0.29, 0.717) is 0 Å². The highest BCUT2D eigenvalue weighted by molar-refractivity contribution is 5.80. The molecule has 1 atom stereocenters. The van der Waals surface area contributed by atoms with Crippen molar-refractivity contribution in [3.63, 3.8) is 0 Å². The van der Waals surface area contributed by atoms with Crippen LogP contribution in [0.3, 0.4) is 0 Å². The molecule has 1 heterocycles. The fourth-order valence-electron chi connectivity index (χ4n) is 1.14. The molecule has 0 spiro atoms. The summed E-state index contributed by atoms with van der Waals surface area (Å²) in [5.41, 5.74) is 5.42. The van der Waals surface area contributed by atoms with Gasteiger partial charge in [-0.25, -0.2) is 5.43 Å². The number of hydrogen-bond acceptors (Lipinski definition) is 2. The third-order valence-electron chi connectivity index (χ3n) is 1.84. The van der Waals surface area contributed by atoms with Crippen LogP contribution in [0.25, 0.3) is 0 Å². The van der Waals surface area contributed by atoms with Crippen molar-refractivity contribution in [1.82, 2.24) is 10.9 Å². The van der Waals surface area contributed by atoms with Gasteiger partial charge in [-0.1, -0.05) is 19.8 Å². The lowest BCUT2D eigenvalue weighted by Gasteiger charge is -2.01. The topological polar surface area (TPSA) is 41.1 Å². The largest absolute Gasteiger partial charge is 0.291 e. The molecule has 58 valence electrons. The van der Waals surface area contributed by atoms with Crippen LogP contribution in [0.1, 0.15) is 26.2 Å². The van der Waals surface area contributed by atoms with Gasteiger partial charge in [-0.3, -0.25) is 10.2 Å². The quantitative estimate of drug-likeness (QED) is 0.600. The molecule has 2 N–H and O–H groups in total. The van der Waals surface area contributed by atoms with Crippen LogP contribution in [-0.4, -0.2) is 12.5 Å². The molecule has 10 heavy (non-hydrogen) atoms. The average Bonchev–Trinajstić information content (AvgIpc) is 2.31. The van der Waals surface area contributed by atoms with Crippen LogP contribution in [0.4, 0.5) is 0 Å². The minimum Gasteiger partial charge on any atom is -0.291 e. The third kappa shape index (κ3) is 1.70. The first-order chi connectivity index (χ1) is 4.84. The van der Waals surface area contributed by atoms with Gasteiger partial charge in [0, 0.05) is 6.54 Å². The lowest BCUT2D eigenvalue weighted by molar-refractivity contribution is -0.122. The molecule has 0 aromatic carbocycles. The molecule has 1 fully saturated rings. The molecule has 3 nitrogen and oxygen atoms in total. The van der Waals surface area contributed by atoms with Crippen LogP contribution >= 0.6 is 0 Å². The number of carbonyl (C=O) groups is 1. The molecule has 1 rings (SSSR count). The summed E-state index contributed by atoms with van der Waals surface area (Å²) in [6.07, 6.45) is 3.35. The number of hydrogen-bond donors (Lipinski definition) is 2. The highest BCUT2D eigenvalue weighted by Gasteiger charge is 2.22. The molecule has 1 aliphatic rings. The van der Waals surface area contributed by atoms with E-state index in [1.807, 2.05) is 0 Å². The molecule has 0 aliphatic carbocycles. The van der Waals surface area contributed by atoms with Gasteiger partial charge in [-0.2, -0.15) is 0 Å². The van der Waals surface area contributed by atoms with E-state index >= 15 is 0 Å². The zero-order chi connectivity index (χ0) is 7.40. The van der Waals surface area contributed by atoms with Crippen molar-refractivity contribution in [3.8, 4) is 0 Å². The Morgan fingerprint density at radius 3 is 3.00 bits per heavy atom. The van der Waals surface area contributed by atoms with Gasteiger partial charge in [0.2, 0.25) is 5.91 Å². The summed E-state index contributed by atoms with van der Waals surface area (Å²) >= 11 is 0. The minimum atomic E-state index is 0.161. The molecule has 1 saturated heterocycles. The lowest BCUT2D eigenvalue weighted by atomic mass is 10.0. The zero-order valence-electron chi connectivity index (χ0n) is 6.31. The van der Waals surface area contributed by atoms with E-state index in [9.17, 15) is 4.79 Å². The van der Waals surface area contributed by atoms with Crippen LogP contribution in [0.5, 0.6) is 0 Å². The summed E-state index contributed by atoms with van der Waals surface area (Å²) in [7, 11) is 0. The van der Waals surface area contributed by atoms with Crippen LogP contribution in [0.15, 0.2) is 0 Å². The van der Waals surface area contributed by atoms with E-state index < -0.39 is 0 Å². The minimum absolute atomic E-state index is 0.161. The highest BCUT2D eigenvalue weighted by Crippen LogP contribution is 2.09. The Balaban J connectivity index is 2.20. The fraction of sp³-hybridized carbons (Fsp3) is 0.857. The van der Waals surface area contributed by atoms with Crippen LogP contribution in [-0.2, 0) is 4.79 Å². The molecular weight excluding hydrogens is 128 g/mol. The van der Waals surface area contributed by atoms with E-state index in [2.05, 4.69) is 17.8 Å². The van der Waals surface area contributed by atoms with Gasteiger partial charge < -0.3 is 0 Å². The number of hydrazine groups is 1. The van der Waals surface area contributed by atoms with E-state index in [1.165, 1.54) is 6.42 Å². The second kappa shape index (κ2) is 3.56. The zero-order valence-corrected chi connectivity index (χ0v) is 6.31. The van der Waals surface area contributed by atoms with Crippen LogP contribution in [0.2, 0.25) is 0 Å². The van der Waals surface area contributed by atoms with Crippen molar-refractivity contribution in [2.75, 3.05) is 6.54 Å². The first-order valence-electron chi connectivity index (χ1n) is 3.87. The summed E-state index contributed by atoms with van der Waals surface area (Å²) in [5, 5.41) is 0. The van der Waals surface area contributed by atoms with Crippen LogP contribution in [0, 0.1) is 5.92 Å². The van der Waals surface area contributed by atoms with E-state index in [1.54, 1.807) is 0 Å². The first kappa shape index (κ1) is 7.54.